The Hall–Kier alpha value is -4.30. The van der Waals surface area contributed by atoms with E-state index in [0.29, 0.717) is 16.4 Å². The zero-order valence-corrected chi connectivity index (χ0v) is 20.4. The van der Waals surface area contributed by atoms with Crippen LogP contribution in [0.5, 0.6) is 11.5 Å². The molecule has 1 amide bonds. The summed E-state index contributed by atoms with van der Waals surface area (Å²) in [4.78, 5) is 25.3. The Morgan fingerprint density at radius 2 is 1.53 bits per heavy atom. The number of fused-ring (bicyclic) bond motifs is 3. The predicted octanol–water partition coefficient (Wildman–Crippen LogP) is 6.49. The summed E-state index contributed by atoms with van der Waals surface area (Å²) in [6.45, 7) is 0.134. The highest BCUT2D eigenvalue weighted by atomic mass is 32.1. The fourth-order valence-electron chi connectivity index (χ4n) is 4.52. The van der Waals surface area contributed by atoms with Crippen molar-refractivity contribution in [3.8, 4) is 33.1 Å². The van der Waals surface area contributed by atoms with Crippen LogP contribution >= 0.6 is 11.3 Å². The molecule has 0 spiro atoms. The maximum Gasteiger partial charge on any atom is 0.411 e. The first-order valence-electron chi connectivity index (χ1n) is 11.2. The van der Waals surface area contributed by atoms with Gasteiger partial charge in [0.2, 0.25) is 0 Å². The number of carboxylic acids is 1. The van der Waals surface area contributed by atoms with Gasteiger partial charge in [-0.15, -0.1) is 11.3 Å². The number of rotatable bonds is 7. The van der Waals surface area contributed by atoms with E-state index in [1.54, 1.807) is 31.4 Å². The van der Waals surface area contributed by atoms with Gasteiger partial charge in [-0.1, -0.05) is 48.5 Å². The van der Waals surface area contributed by atoms with Gasteiger partial charge in [-0.2, -0.15) is 0 Å². The highest BCUT2D eigenvalue weighted by Crippen LogP contribution is 2.44. The molecule has 36 heavy (non-hydrogen) atoms. The number of carbonyl (C=O) groups is 2. The molecule has 8 heteroatoms. The Morgan fingerprint density at radius 3 is 2.14 bits per heavy atom. The zero-order valence-electron chi connectivity index (χ0n) is 19.6. The molecule has 1 aromatic heterocycles. The molecule has 0 aliphatic heterocycles. The molecule has 0 saturated carbocycles. The van der Waals surface area contributed by atoms with E-state index in [2.05, 4.69) is 17.4 Å². The van der Waals surface area contributed by atoms with Gasteiger partial charge in [-0.3, -0.25) is 5.32 Å². The monoisotopic (exact) mass is 501 g/mol. The minimum atomic E-state index is -1.14. The van der Waals surface area contributed by atoms with Gasteiger partial charge in [-0.25, -0.2) is 9.59 Å². The molecule has 4 aromatic rings. The maximum absolute atomic E-state index is 12.7. The third-order valence-electron chi connectivity index (χ3n) is 6.17. The van der Waals surface area contributed by atoms with Gasteiger partial charge in [-0.05, 0) is 52.1 Å². The van der Waals surface area contributed by atoms with E-state index in [1.807, 2.05) is 36.4 Å². The molecular formula is C28H23NO6S. The number of thiophene rings is 1. The first-order valence-corrected chi connectivity index (χ1v) is 12.0. The molecule has 3 aromatic carbocycles. The Morgan fingerprint density at radius 1 is 0.889 bits per heavy atom. The van der Waals surface area contributed by atoms with Gasteiger partial charge in [0, 0.05) is 10.8 Å². The van der Waals surface area contributed by atoms with Crippen LogP contribution in [0.3, 0.4) is 0 Å². The molecule has 5 rings (SSSR count). The van der Waals surface area contributed by atoms with Crippen LogP contribution in [0.4, 0.5) is 10.5 Å². The quantitative estimate of drug-likeness (QED) is 0.301. The number of carboxylic acid groups (broad SMARTS) is 1. The molecule has 2 N–H and O–H groups in total. The number of hydrogen-bond acceptors (Lipinski definition) is 6. The third-order valence-corrected chi connectivity index (χ3v) is 7.35. The van der Waals surface area contributed by atoms with Crippen LogP contribution in [0.15, 0.2) is 72.8 Å². The summed E-state index contributed by atoms with van der Waals surface area (Å²) in [6, 6.07) is 23.1. The SMILES string of the molecule is COc1ccc(-c2cc(NC(=O)OCC3c4ccccc4-c4ccccc43)c(C(=O)O)s2)cc1OC. The first kappa shape index (κ1) is 23.4. The van der Waals surface area contributed by atoms with Gasteiger partial charge in [0.25, 0.3) is 0 Å². The summed E-state index contributed by atoms with van der Waals surface area (Å²) in [5.41, 5.74) is 5.38. The zero-order chi connectivity index (χ0) is 25.2. The lowest BCUT2D eigenvalue weighted by molar-refractivity contribution is 0.0703. The Labute approximate surface area is 211 Å². The van der Waals surface area contributed by atoms with Crippen LogP contribution < -0.4 is 14.8 Å². The number of carbonyl (C=O) groups excluding carboxylic acids is 1. The van der Waals surface area contributed by atoms with Crippen molar-refractivity contribution < 1.29 is 28.9 Å². The molecule has 0 atom stereocenters. The van der Waals surface area contributed by atoms with E-state index in [0.717, 1.165) is 39.2 Å². The van der Waals surface area contributed by atoms with E-state index in [9.17, 15) is 14.7 Å². The van der Waals surface area contributed by atoms with E-state index in [-0.39, 0.29) is 23.1 Å². The maximum atomic E-state index is 12.7. The molecule has 0 fully saturated rings. The average molecular weight is 502 g/mol. The largest absolute Gasteiger partial charge is 0.493 e. The van der Waals surface area contributed by atoms with Crippen molar-refractivity contribution in [2.45, 2.75) is 5.92 Å². The van der Waals surface area contributed by atoms with Gasteiger partial charge in [0.05, 0.1) is 19.9 Å². The lowest BCUT2D eigenvalue weighted by atomic mass is 9.98. The van der Waals surface area contributed by atoms with E-state index in [1.165, 1.54) is 7.11 Å². The first-order chi connectivity index (χ1) is 17.5. The minimum absolute atomic E-state index is 0.00768. The predicted molar refractivity (Wildman–Crippen MR) is 139 cm³/mol. The Balaban J connectivity index is 1.35. The number of ether oxygens (including phenoxy) is 3. The number of hydrogen-bond donors (Lipinski definition) is 2. The molecule has 0 saturated heterocycles. The van der Waals surface area contributed by atoms with Gasteiger partial charge in [0.15, 0.2) is 11.5 Å². The molecule has 7 nitrogen and oxygen atoms in total. The molecule has 182 valence electrons. The topological polar surface area (TPSA) is 94.1 Å². The molecule has 0 bridgehead atoms. The Bertz CT molecular complexity index is 1410. The van der Waals surface area contributed by atoms with E-state index < -0.39 is 12.1 Å². The fraction of sp³-hybridized carbons (Fsp3) is 0.143. The lowest BCUT2D eigenvalue weighted by Gasteiger charge is -2.14. The van der Waals surface area contributed by atoms with Crippen LogP contribution in [0.2, 0.25) is 0 Å². The summed E-state index contributed by atoms with van der Waals surface area (Å²) >= 11 is 1.05. The fourth-order valence-corrected chi connectivity index (χ4v) is 5.47. The summed E-state index contributed by atoms with van der Waals surface area (Å²) in [6.07, 6.45) is -0.712. The third kappa shape index (κ3) is 4.27. The van der Waals surface area contributed by atoms with Crippen LogP contribution in [-0.2, 0) is 4.74 Å². The van der Waals surface area contributed by atoms with Crippen molar-refractivity contribution in [2.24, 2.45) is 0 Å². The van der Waals surface area contributed by atoms with E-state index in [4.69, 9.17) is 14.2 Å². The second-order valence-corrected chi connectivity index (χ2v) is 9.23. The Kier molecular flexibility index (Phi) is 6.35. The number of nitrogens with one attached hydrogen (secondary N) is 1. The molecule has 1 heterocycles. The number of aromatic carboxylic acids is 1. The molecule has 1 aliphatic carbocycles. The van der Waals surface area contributed by atoms with Crippen molar-refractivity contribution in [3.63, 3.8) is 0 Å². The molecule has 0 radical (unpaired) electrons. The van der Waals surface area contributed by atoms with Crippen LogP contribution in [-0.4, -0.2) is 38.0 Å². The molecule has 0 unspecified atom stereocenters. The normalized spacial score (nSPS) is 11.9. The van der Waals surface area contributed by atoms with Crippen molar-refractivity contribution in [1.29, 1.82) is 0 Å². The van der Waals surface area contributed by atoms with E-state index >= 15 is 0 Å². The van der Waals surface area contributed by atoms with Crippen LogP contribution in [0, 0.1) is 0 Å². The average Bonchev–Trinajstić information content (AvgIpc) is 3.46. The minimum Gasteiger partial charge on any atom is -0.493 e. The lowest BCUT2D eigenvalue weighted by Crippen LogP contribution is -2.18. The van der Waals surface area contributed by atoms with Crippen LogP contribution in [0.1, 0.15) is 26.7 Å². The highest BCUT2D eigenvalue weighted by Gasteiger charge is 2.29. The number of anilines is 1. The van der Waals surface area contributed by atoms with Crippen LogP contribution in [0.25, 0.3) is 21.6 Å². The van der Waals surface area contributed by atoms with Crippen molar-refractivity contribution in [2.75, 3.05) is 26.1 Å². The second-order valence-electron chi connectivity index (χ2n) is 8.18. The number of methoxy groups -OCH3 is 2. The summed E-state index contributed by atoms with van der Waals surface area (Å²) < 4.78 is 16.2. The summed E-state index contributed by atoms with van der Waals surface area (Å²) in [7, 11) is 3.07. The summed E-state index contributed by atoms with van der Waals surface area (Å²) in [5, 5.41) is 12.3. The smallest absolute Gasteiger partial charge is 0.411 e. The standard InChI is InChI=1S/C28H23NO6S/c1-33-23-12-11-16(13-24(23)34-2)25-14-22(26(36-25)27(30)31)29-28(32)35-15-21-19-9-5-3-7-17(19)18-8-4-6-10-20(18)21/h3-14,21H,15H2,1-2H3,(H,29,32)(H,30,31). The second kappa shape index (κ2) is 9.75. The van der Waals surface area contributed by atoms with Crippen molar-refractivity contribution in [3.05, 3.63) is 88.8 Å². The number of benzene rings is 3. The van der Waals surface area contributed by atoms with Crippen molar-refractivity contribution in [1.82, 2.24) is 0 Å². The van der Waals surface area contributed by atoms with Gasteiger partial charge >= 0.3 is 12.1 Å². The molecular weight excluding hydrogens is 478 g/mol. The van der Waals surface area contributed by atoms with Gasteiger partial charge in [0.1, 0.15) is 11.5 Å². The highest BCUT2D eigenvalue weighted by molar-refractivity contribution is 7.18. The van der Waals surface area contributed by atoms with Crippen molar-refractivity contribution >= 4 is 29.1 Å². The number of amides is 1. The van der Waals surface area contributed by atoms with Gasteiger partial charge < -0.3 is 19.3 Å². The summed E-state index contributed by atoms with van der Waals surface area (Å²) in [5.74, 6) is -0.146. The molecule has 1 aliphatic rings.